The molecular weight excluding hydrogens is 476 g/mol. The predicted octanol–water partition coefficient (Wildman–Crippen LogP) is 4.50. The number of rotatable bonds is 5. The zero-order valence-corrected chi connectivity index (χ0v) is 20.8. The van der Waals surface area contributed by atoms with Crippen molar-refractivity contribution in [3.63, 3.8) is 0 Å². The number of ketones is 1. The van der Waals surface area contributed by atoms with Gasteiger partial charge in [0, 0.05) is 43.3 Å². The van der Waals surface area contributed by atoms with Crippen LogP contribution in [0.5, 0.6) is 0 Å². The minimum absolute atomic E-state index is 0. The molecule has 2 aromatic carbocycles. The van der Waals surface area contributed by atoms with Gasteiger partial charge < -0.3 is 14.5 Å². The third-order valence-electron chi connectivity index (χ3n) is 6.09. The number of carbonyl (C=O) groups excluding carboxylic acids is 2. The van der Waals surface area contributed by atoms with Gasteiger partial charge in [-0.2, -0.15) is 5.26 Å². The summed E-state index contributed by atoms with van der Waals surface area (Å²) in [6.45, 7) is 2.54. The summed E-state index contributed by atoms with van der Waals surface area (Å²) in [7, 11) is 3.25. The lowest BCUT2D eigenvalue weighted by Crippen LogP contribution is -2.24. The number of aromatic amines is 1. The molecule has 0 fully saturated rings. The molecule has 0 bridgehead atoms. The molecule has 1 N–H and O–H groups in total. The number of aromatic nitrogens is 4. The Kier molecular flexibility index (Phi) is 6.60. The van der Waals surface area contributed by atoms with E-state index >= 15 is 0 Å². The molecule has 0 aliphatic carbocycles. The van der Waals surface area contributed by atoms with Crippen LogP contribution in [0, 0.1) is 18.3 Å². The Morgan fingerprint density at radius 1 is 1.11 bits per heavy atom. The molecule has 36 heavy (non-hydrogen) atoms. The van der Waals surface area contributed by atoms with Gasteiger partial charge in [-0.3, -0.25) is 14.6 Å². The third kappa shape index (κ3) is 4.10. The molecule has 1 amide bonds. The first kappa shape index (κ1) is 24.6. The van der Waals surface area contributed by atoms with Crippen LogP contribution in [0.4, 0.5) is 0 Å². The van der Waals surface area contributed by atoms with Gasteiger partial charge in [-0.15, -0.1) is 12.4 Å². The quantitative estimate of drug-likeness (QED) is 0.359. The average molecular weight is 499 g/mol. The van der Waals surface area contributed by atoms with E-state index in [-0.39, 0.29) is 35.4 Å². The van der Waals surface area contributed by atoms with Crippen molar-refractivity contribution in [1.29, 1.82) is 5.26 Å². The second-order valence-electron chi connectivity index (χ2n) is 8.55. The van der Waals surface area contributed by atoms with Gasteiger partial charge in [-0.1, -0.05) is 30.3 Å². The van der Waals surface area contributed by atoms with E-state index in [2.05, 4.69) is 25.6 Å². The fourth-order valence-corrected chi connectivity index (χ4v) is 4.34. The fraction of sp³-hybridized carbons (Fsp3) is 0.148. The van der Waals surface area contributed by atoms with Crippen molar-refractivity contribution in [2.75, 3.05) is 14.1 Å². The summed E-state index contributed by atoms with van der Waals surface area (Å²) in [6, 6.07) is 16.5. The summed E-state index contributed by atoms with van der Waals surface area (Å²) in [5, 5.41) is 10.1. The van der Waals surface area contributed by atoms with Gasteiger partial charge in [-0.05, 0) is 30.7 Å². The number of pyridine rings is 1. The second-order valence-corrected chi connectivity index (χ2v) is 8.55. The summed E-state index contributed by atoms with van der Waals surface area (Å²) in [4.78, 5) is 39.7. The largest absolute Gasteiger partial charge is 0.350 e. The maximum absolute atomic E-state index is 13.7. The average Bonchev–Trinajstić information content (AvgIpc) is 3.41. The highest BCUT2D eigenvalue weighted by Crippen LogP contribution is 2.29. The standard InChI is InChI=1S/C27H22N6O2.ClH/c1-16-30-21-14-29-12-11-22(21)33(16)15-17-7-9-18(10-8-17)26(34)24-23-19(13-28)5-4-6-20(23)31-25(24)27(35)32(2)3;/h4-12,14,31H,15H2,1-3H3;1H. The zero-order valence-electron chi connectivity index (χ0n) is 19.9. The van der Waals surface area contributed by atoms with Gasteiger partial charge in [0.1, 0.15) is 17.0 Å². The SMILES string of the molecule is Cc1nc2cnccc2n1Cc1ccc(C(=O)c2c(C(=O)N(C)C)[nH]c3cccc(C#N)c23)cc1.Cl. The minimum Gasteiger partial charge on any atom is -0.350 e. The fourth-order valence-electron chi connectivity index (χ4n) is 4.34. The van der Waals surface area contributed by atoms with Crippen molar-refractivity contribution in [3.05, 3.63) is 94.7 Å². The second kappa shape index (κ2) is 9.64. The first-order chi connectivity index (χ1) is 16.9. The topological polar surface area (TPSA) is 108 Å². The highest BCUT2D eigenvalue weighted by Gasteiger charge is 2.26. The molecule has 0 spiro atoms. The van der Waals surface area contributed by atoms with Gasteiger partial charge in [0.15, 0.2) is 5.78 Å². The molecule has 5 aromatic rings. The first-order valence-corrected chi connectivity index (χ1v) is 11.1. The Bertz CT molecular complexity index is 1660. The maximum atomic E-state index is 13.7. The summed E-state index contributed by atoms with van der Waals surface area (Å²) in [5.74, 6) is 0.232. The van der Waals surface area contributed by atoms with Crippen LogP contribution in [0.2, 0.25) is 0 Å². The monoisotopic (exact) mass is 498 g/mol. The van der Waals surface area contributed by atoms with Crippen LogP contribution in [0.1, 0.15) is 43.4 Å². The number of imidazole rings is 1. The molecule has 3 aromatic heterocycles. The van der Waals surface area contributed by atoms with Crippen molar-refractivity contribution in [3.8, 4) is 6.07 Å². The van der Waals surface area contributed by atoms with Gasteiger partial charge in [-0.25, -0.2) is 4.98 Å². The molecule has 5 rings (SSSR count). The summed E-state index contributed by atoms with van der Waals surface area (Å²) < 4.78 is 2.10. The molecule has 0 saturated carbocycles. The van der Waals surface area contributed by atoms with E-state index in [9.17, 15) is 14.9 Å². The van der Waals surface area contributed by atoms with Crippen molar-refractivity contribution in [2.45, 2.75) is 13.5 Å². The molecule has 0 aliphatic heterocycles. The molecular formula is C27H23ClN6O2. The van der Waals surface area contributed by atoms with Crippen molar-refractivity contribution < 1.29 is 9.59 Å². The van der Waals surface area contributed by atoms with E-state index in [1.807, 2.05) is 25.1 Å². The van der Waals surface area contributed by atoms with Crippen LogP contribution in [0.3, 0.4) is 0 Å². The van der Waals surface area contributed by atoms with Gasteiger partial charge in [0.25, 0.3) is 5.91 Å². The Balaban J connectivity index is 0.00000304. The Labute approximate surface area is 213 Å². The van der Waals surface area contributed by atoms with Crippen LogP contribution in [-0.2, 0) is 6.54 Å². The van der Waals surface area contributed by atoms with E-state index in [0.717, 1.165) is 22.4 Å². The Morgan fingerprint density at radius 2 is 1.86 bits per heavy atom. The number of fused-ring (bicyclic) bond motifs is 2. The maximum Gasteiger partial charge on any atom is 0.270 e. The minimum atomic E-state index is -0.331. The number of benzene rings is 2. The van der Waals surface area contributed by atoms with Crippen LogP contribution in [0.25, 0.3) is 21.9 Å². The van der Waals surface area contributed by atoms with E-state index in [1.54, 1.807) is 56.8 Å². The predicted molar refractivity (Wildman–Crippen MR) is 140 cm³/mol. The molecule has 0 aliphatic rings. The third-order valence-corrected chi connectivity index (χ3v) is 6.09. The highest BCUT2D eigenvalue weighted by molar-refractivity contribution is 6.22. The number of hydrogen-bond donors (Lipinski definition) is 1. The van der Waals surface area contributed by atoms with E-state index < -0.39 is 0 Å². The highest BCUT2D eigenvalue weighted by atomic mass is 35.5. The number of nitrogens with one attached hydrogen (secondary N) is 1. The normalized spacial score (nSPS) is 10.7. The van der Waals surface area contributed by atoms with E-state index in [4.69, 9.17) is 0 Å². The Morgan fingerprint density at radius 3 is 2.56 bits per heavy atom. The van der Waals surface area contributed by atoms with Crippen LogP contribution < -0.4 is 0 Å². The number of halogens is 1. The number of H-pyrrole nitrogens is 1. The molecule has 0 atom stereocenters. The smallest absolute Gasteiger partial charge is 0.270 e. The van der Waals surface area contributed by atoms with E-state index in [1.165, 1.54) is 4.90 Å². The van der Waals surface area contributed by atoms with Gasteiger partial charge >= 0.3 is 0 Å². The molecule has 180 valence electrons. The molecule has 9 heteroatoms. The summed E-state index contributed by atoms with van der Waals surface area (Å²) >= 11 is 0. The van der Waals surface area contributed by atoms with Crippen LogP contribution in [-0.4, -0.2) is 50.2 Å². The lowest BCUT2D eigenvalue weighted by atomic mass is 9.96. The number of nitrogens with zero attached hydrogens (tertiary/aromatic N) is 5. The number of amides is 1. The lowest BCUT2D eigenvalue weighted by Gasteiger charge is -2.11. The molecule has 0 saturated heterocycles. The zero-order chi connectivity index (χ0) is 24.7. The van der Waals surface area contributed by atoms with Gasteiger partial charge in [0.05, 0.1) is 28.9 Å². The lowest BCUT2D eigenvalue weighted by molar-refractivity contribution is 0.0817. The van der Waals surface area contributed by atoms with E-state index in [0.29, 0.717) is 28.6 Å². The number of nitriles is 1. The Hall–Kier alpha value is -4.48. The first-order valence-electron chi connectivity index (χ1n) is 11.1. The molecule has 8 nitrogen and oxygen atoms in total. The van der Waals surface area contributed by atoms with Crippen LogP contribution in [0.15, 0.2) is 60.9 Å². The van der Waals surface area contributed by atoms with Crippen LogP contribution >= 0.6 is 12.4 Å². The van der Waals surface area contributed by atoms with Gasteiger partial charge in [0.2, 0.25) is 0 Å². The van der Waals surface area contributed by atoms with Crippen molar-refractivity contribution in [2.24, 2.45) is 0 Å². The van der Waals surface area contributed by atoms with Crippen molar-refractivity contribution >= 4 is 46.0 Å². The number of carbonyl (C=O) groups is 2. The van der Waals surface area contributed by atoms with Crippen molar-refractivity contribution in [1.82, 2.24) is 24.4 Å². The number of aryl methyl sites for hydroxylation is 1. The summed E-state index contributed by atoms with van der Waals surface area (Å²) in [5.41, 5.74) is 4.58. The number of hydrogen-bond acceptors (Lipinski definition) is 5. The molecule has 3 heterocycles. The molecule has 0 radical (unpaired) electrons. The summed E-state index contributed by atoms with van der Waals surface area (Å²) in [6.07, 6.45) is 3.48. The molecule has 0 unspecified atom stereocenters.